The van der Waals surface area contributed by atoms with E-state index in [4.69, 9.17) is 14.6 Å². The molecule has 0 unspecified atom stereocenters. The fraction of sp³-hybridized carbons (Fsp3) is 0.160. The molecule has 0 aliphatic rings. The maximum atomic E-state index is 11.7. The van der Waals surface area contributed by atoms with Crippen LogP contribution in [0, 0.1) is 27.7 Å². The summed E-state index contributed by atoms with van der Waals surface area (Å²) >= 11 is 0. The molecular weight excluding hydrogens is 659 g/mol. The van der Waals surface area contributed by atoms with Gasteiger partial charge in [0.25, 0.3) is 0 Å². The molecule has 0 atom stereocenters. The number of fused-ring (bicyclic) bond motifs is 1. The molecule has 0 amide bonds. The second-order valence-corrected chi connectivity index (χ2v) is 15.0. The number of aromatic nitrogens is 3. The van der Waals surface area contributed by atoms with Crippen molar-refractivity contribution in [3.8, 4) is 67.5 Å². The van der Waals surface area contributed by atoms with Gasteiger partial charge in [0.2, 0.25) is 0 Å². The second kappa shape index (κ2) is 13.6. The highest BCUT2D eigenvalue weighted by Gasteiger charge is 2.24. The summed E-state index contributed by atoms with van der Waals surface area (Å²) in [6.07, 6.45) is -0.498. The summed E-state index contributed by atoms with van der Waals surface area (Å²) in [5.41, 5.74) is 10.8. The summed E-state index contributed by atoms with van der Waals surface area (Å²) in [6, 6.07) is 26.4. The lowest BCUT2D eigenvalue weighted by molar-refractivity contribution is 0.472. The third kappa shape index (κ3) is 6.39. The monoisotopic (exact) mass is 711 g/mol. The molecule has 0 radical (unpaired) electrons. The zero-order valence-corrected chi connectivity index (χ0v) is 31.4. The highest BCUT2D eigenvalue weighted by Crippen LogP contribution is 2.42. The van der Waals surface area contributed by atoms with Gasteiger partial charge in [-0.05, 0) is 137 Å². The fourth-order valence-corrected chi connectivity index (χ4v) is 7.10. The first-order chi connectivity index (χ1) is 29.3. The van der Waals surface area contributed by atoms with Crippen LogP contribution in [0.15, 0.2) is 139 Å². The van der Waals surface area contributed by atoms with Crippen LogP contribution in [0.2, 0.25) is 0 Å². The summed E-state index contributed by atoms with van der Waals surface area (Å²) < 4.78 is 71.1. The first kappa shape index (κ1) is 26.5. The largest absolute Gasteiger partial charge is 0.507 e. The van der Waals surface area contributed by atoms with E-state index in [-0.39, 0.29) is 28.6 Å². The van der Waals surface area contributed by atoms with Gasteiger partial charge in [0.05, 0.1) is 33.3 Å². The summed E-state index contributed by atoms with van der Waals surface area (Å²) in [6.45, 7) is 14.3. The van der Waals surface area contributed by atoms with Gasteiger partial charge >= 0.3 is 0 Å². The molecule has 2 heterocycles. The first-order valence-corrected chi connectivity index (χ1v) is 18.0. The van der Waals surface area contributed by atoms with E-state index in [9.17, 15) is 6.48 Å². The number of hydrogen-bond acceptors (Lipinski definition) is 3. The molecule has 8 rings (SSSR count). The molecule has 6 aromatic carbocycles. The molecule has 0 aliphatic carbocycles. The minimum Gasteiger partial charge on any atom is -0.507 e. The highest BCUT2D eigenvalue weighted by molar-refractivity contribution is 5.97. The fourth-order valence-electron chi connectivity index (χ4n) is 7.10. The zero-order chi connectivity index (χ0) is 44.7. The van der Waals surface area contributed by atoms with Gasteiger partial charge < -0.3 is 5.11 Å². The van der Waals surface area contributed by atoms with Crippen LogP contribution in [0.1, 0.15) is 59.6 Å². The zero-order valence-electron chi connectivity index (χ0n) is 39.4. The number of aromatic hydroxyl groups is 1. The van der Waals surface area contributed by atoms with Crippen molar-refractivity contribution >= 4 is 11.0 Å². The lowest BCUT2D eigenvalue weighted by atomic mass is 9.83. The van der Waals surface area contributed by atoms with Crippen LogP contribution in [0.25, 0.3) is 72.7 Å². The number of aryl methyl sites for hydroxylation is 3. The molecule has 0 spiro atoms. The molecule has 0 bridgehead atoms. The Hall–Kier alpha value is -6.26. The van der Waals surface area contributed by atoms with Gasteiger partial charge in [-0.2, -0.15) is 0 Å². The van der Waals surface area contributed by atoms with Crippen molar-refractivity contribution in [2.45, 2.75) is 53.9 Å². The van der Waals surface area contributed by atoms with Gasteiger partial charge in [0, 0.05) is 23.0 Å². The number of rotatable bonds is 6. The first-order valence-electron chi connectivity index (χ1n) is 22.0. The van der Waals surface area contributed by atoms with Gasteiger partial charge in [-0.3, -0.25) is 9.55 Å². The smallest absolute Gasteiger partial charge is 0.149 e. The second-order valence-electron chi connectivity index (χ2n) is 15.0. The molecule has 54 heavy (non-hydrogen) atoms. The van der Waals surface area contributed by atoms with E-state index in [1.807, 2.05) is 74.5 Å². The Morgan fingerprint density at radius 3 is 2.17 bits per heavy atom. The normalized spacial score (nSPS) is 13.8. The van der Waals surface area contributed by atoms with Gasteiger partial charge in [-0.1, -0.05) is 106 Å². The molecule has 266 valence electrons. The maximum absolute atomic E-state index is 11.7. The van der Waals surface area contributed by atoms with Crippen LogP contribution in [-0.2, 0) is 5.41 Å². The molecule has 2 aromatic heterocycles. The van der Waals surface area contributed by atoms with E-state index in [0.717, 1.165) is 61.3 Å². The molecular formula is C50H45N3O. The molecule has 0 saturated carbocycles. The maximum Gasteiger partial charge on any atom is 0.149 e. The van der Waals surface area contributed by atoms with Crippen molar-refractivity contribution in [3.63, 3.8) is 0 Å². The number of benzene rings is 6. The van der Waals surface area contributed by atoms with Crippen molar-refractivity contribution in [1.82, 2.24) is 14.5 Å². The SMILES string of the molecule is [2H]c1nc(-c2cc(-c3cccc4c3nc(-c3cc(C)cc(C)c3O)n4-c3cc(C)c(C)c(-c4ccccc4)c3)cc(C(C)(C)C)c2)c([2H])c(-c2c([2H])c([2H])c([2H])c([2H])c2[2H])c1[2H]. The van der Waals surface area contributed by atoms with E-state index in [0.29, 0.717) is 22.5 Å². The summed E-state index contributed by atoms with van der Waals surface area (Å²) in [5, 5.41) is 11.7. The summed E-state index contributed by atoms with van der Waals surface area (Å²) in [4.78, 5) is 9.80. The van der Waals surface area contributed by atoms with Crippen molar-refractivity contribution < 1.29 is 16.1 Å². The highest BCUT2D eigenvalue weighted by atomic mass is 16.3. The Labute approximate surface area is 329 Å². The standard InChI is InChI=1S/C50H45N3O/c1-31-23-33(3)48(54)44(24-31)49-52-47-42(19-14-20-46(47)53(49)41-25-32(2)34(4)43(30-41)36-17-12-9-13-18-36)38-26-39(28-40(27-38)50(5,6)7)45-29-37(21-22-51-45)35-15-10-8-11-16-35/h8-30,54H,1-7H3/i8D,10D,11D,15D,16D,21D,22D,29D. The summed E-state index contributed by atoms with van der Waals surface area (Å²) in [5.74, 6) is 0.681. The topological polar surface area (TPSA) is 50.9 Å². The van der Waals surface area contributed by atoms with E-state index in [1.165, 1.54) is 0 Å². The number of nitrogens with zero attached hydrogens (tertiary/aromatic N) is 3. The minimum absolute atomic E-state index is 0.0299. The predicted molar refractivity (Wildman–Crippen MR) is 225 cm³/mol. The molecule has 0 saturated heterocycles. The van der Waals surface area contributed by atoms with Crippen LogP contribution >= 0.6 is 0 Å². The van der Waals surface area contributed by atoms with E-state index in [2.05, 4.69) is 74.5 Å². The van der Waals surface area contributed by atoms with Crippen LogP contribution < -0.4 is 0 Å². The van der Waals surface area contributed by atoms with Gasteiger partial charge in [-0.25, -0.2) is 4.98 Å². The number of para-hydroxylation sites is 1. The Morgan fingerprint density at radius 2 is 1.41 bits per heavy atom. The number of pyridine rings is 1. The van der Waals surface area contributed by atoms with Crippen LogP contribution in [-0.4, -0.2) is 19.6 Å². The van der Waals surface area contributed by atoms with Crippen molar-refractivity contribution in [2.75, 3.05) is 0 Å². The minimum atomic E-state index is -0.597. The molecule has 1 N–H and O–H groups in total. The third-order valence-electron chi connectivity index (χ3n) is 10.1. The number of hydrogen-bond donors (Lipinski definition) is 1. The van der Waals surface area contributed by atoms with Crippen LogP contribution in [0.4, 0.5) is 0 Å². The van der Waals surface area contributed by atoms with Crippen molar-refractivity contribution in [2.24, 2.45) is 0 Å². The van der Waals surface area contributed by atoms with Gasteiger partial charge in [-0.15, -0.1) is 0 Å². The van der Waals surface area contributed by atoms with E-state index in [1.54, 1.807) is 0 Å². The Balaban J connectivity index is 1.43. The van der Waals surface area contributed by atoms with Crippen molar-refractivity contribution in [1.29, 1.82) is 0 Å². The lowest BCUT2D eigenvalue weighted by Crippen LogP contribution is -2.11. The van der Waals surface area contributed by atoms with Gasteiger partial charge in [0.15, 0.2) is 0 Å². The van der Waals surface area contributed by atoms with E-state index >= 15 is 0 Å². The van der Waals surface area contributed by atoms with Crippen LogP contribution in [0.5, 0.6) is 5.75 Å². The number of phenols is 1. The van der Waals surface area contributed by atoms with Crippen LogP contribution in [0.3, 0.4) is 0 Å². The van der Waals surface area contributed by atoms with Crippen molar-refractivity contribution in [3.05, 3.63) is 167 Å². The molecule has 0 fully saturated rings. The Bertz CT molecular complexity index is 3120. The molecule has 8 aromatic rings. The molecule has 0 aliphatic heterocycles. The average molecular weight is 712 g/mol. The Morgan fingerprint density at radius 1 is 0.648 bits per heavy atom. The average Bonchev–Trinajstić information content (AvgIpc) is 3.63. The third-order valence-corrected chi connectivity index (χ3v) is 10.1. The van der Waals surface area contributed by atoms with E-state index < -0.39 is 47.8 Å². The van der Waals surface area contributed by atoms with Gasteiger partial charge in [0.1, 0.15) is 11.6 Å². The molecule has 4 nitrogen and oxygen atoms in total. The predicted octanol–water partition coefficient (Wildman–Crippen LogP) is 13.0. The molecule has 4 heteroatoms. The lowest BCUT2D eigenvalue weighted by Gasteiger charge is -2.22. The summed E-state index contributed by atoms with van der Waals surface area (Å²) in [7, 11) is 0. The number of imidazole rings is 1. The number of phenolic OH excluding ortho intramolecular Hbond substituents is 1. The Kier molecular flexibility index (Phi) is 6.68. The quantitative estimate of drug-likeness (QED) is 0.187.